The quantitative estimate of drug-likeness (QED) is 0.792. The van der Waals surface area contributed by atoms with Crippen molar-refractivity contribution in [3.63, 3.8) is 0 Å². The van der Waals surface area contributed by atoms with Crippen LogP contribution in [-0.4, -0.2) is 56.3 Å². The summed E-state index contributed by atoms with van der Waals surface area (Å²) in [6.45, 7) is 4.02. The van der Waals surface area contributed by atoms with E-state index in [4.69, 9.17) is 9.26 Å². The first-order chi connectivity index (χ1) is 11.9. The zero-order valence-electron chi connectivity index (χ0n) is 13.9. The first-order valence-corrected chi connectivity index (χ1v) is 8.93. The lowest BCUT2D eigenvalue weighted by molar-refractivity contribution is 0.0327. The van der Waals surface area contributed by atoms with E-state index in [-0.39, 0.29) is 0 Å². The molecule has 0 N–H and O–H groups in total. The van der Waals surface area contributed by atoms with Gasteiger partial charge in [0.15, 0.2) is 11.5 Å². The Morgan fingerprint density at radius 2 is 1.88 bits per heavy atom. The molecular weight excluding hydrogens is 308 g/mol. The van der Waals surface area contributed by atoms with Crippen LogP contribution < -0.4 is 0 Å². The molecule has 0 radical (unpaired) electrons. The Morgan fingerprint density at radius 3 is 2.67 bits per heavy atom. The van der Waals surface area contributed by atoms with Crippen LogP contribution in [0.25, 0.3) is 11.6 Å². The maximum Gasteiger partial charge on any atom is 0.280 e. The minimum Gasteiger partial charge on any atom is -0.379 e. The molecule has 2 aromatic heterocycles. The third-order valence-electron chi connectivity index (χ3n) is 4.87. The molecule has 24 heavy (non-hydrogen) atoms. The van der Waals surface area contributed by atoms with E-state index in [9.17, 15) is 0 Å². The number of hydrogen-bond donors (Lipinski definition) is 0. The zero-order chi connectivity index (χ0) is 16.2. The van der Waals surface area contributed by atoms with Crippen LogP contribution in [-0.2, 0) is 11.3 Å². The number of nitrogens with zero attached hydrogens (tertiary/aromatic N) is 6. The molecule has 1 saturated carbocycles. The molecule has 1 saturated heterocycles. The van der Waals surface area contributed by atoms with Gasteiger partial charge in [-0.1, -0.05) is 36.1 Å². The first-order valence-electron chi connectivity index (χ1n) is 8.93. The fourth-order valence-electron chi connectivity index (χ4n) is 3.46. The second-order valence-corrected chi connectivity index (χ2v) is 6.63. The fourth-order valence-corrected chi connectivity index (χ4v) is 3.46. The van der Waals surface area contributed by atoms with Gasteiger partial charge in [-0.3, -0.25) is 4.90 Å². The Labute approximate surface area is 141 Å². The van der Waals surface area contributed by atoms with Crippen LogP contribution in [0, 0.1) is 0 Å². The number of morpholine rings is 1. The van der Waals surface area contributed by atoms with E-state index in [0.717, 1.165) is 26.3 Å². The maximum atomic E-state index is 5.38. The van der Waals surface area contributed by atoms with Crippen LogP contribution in [0.1, 0.15) is 50.4 Å². The van der Waals surface area contributed by atoms with Crippen molar-refractivity contribution in [1.29, 1.82) is 0 Å². The van der Waals surface area contributed by atoms with Crippen LogP contribution in [0.5, 0.6) is 0 Å². The lowest BCUT2D eigenvalue weighted by Crippen LogP contribution is -2.35. The minimum atomic E-state index is 0.449. The SMILES string of the molecule is c1c(-c2nc(CN3CCOCC3)no2)nnn1C1CCCCCC1. The molecule has 2 aromatic rings. The van der Waals surface area contributed by atoms with Gasteiger partial charge < -0.3 is 9.26 Å². The zero-order valence-corrected chi connectivity index (χ0v) is 13.9. The second-order valence-electron chi connectivity index (χ2n) is 6.63. The largest absolute Gasteiger partial charge is 0.379 e. The number of hydrogen-bond acceptors (Lipinski definition) is 7. The summed E-state index contributed by atoms with van der Waals surface area (Å²) in [4.78, 5) is 6.74. The van der Waals surface area contributed by atoms with Crippen LogP contribution in [0.15, 0.2) is 10.7 Å². The molecule has 2 fully saturated rings. The summed E-state index contributed by atoms with van der Waals surface area (Å²) >= 11 is 0. The van der Waals surface area contributed by atoms with E-state index in [1.54, 1.807) is 0 Å². The van der Waals surface area contributed by atoms with E-state index in [1.165, 1.54) is 38.5 Å². The average molecular weight is 332 g/mol. The molecule has 1 aliphatic carbocycles. The van der Waals surface area contributed by atoms with Gasteiger partial charge in [-0.15, -0.1) is 5.10 Å². The highest BCUT2D eigenvalue weighted by molar-refractivity contribution is 5.43. The van der Waals surface area contributed by atoms with Gasteiger partial charge in [0.2, 0.25) is 0 Å². The van der Waals surface area contributed by atoms with Crippen LogP contribution in [0.4, 0.5) is 0 Å². The molecule has 0 atom stereocenters. The molecule has 130 valence electrons. The van der Waals surface area contributed by atoms with Gasteiger partial charge >= 0.3 is 0 Å². The molecular formula is C16H24N6O2. The normalized spacial score (nSPS) is 21.0. The number of aromatic nitrogens is 5. The molecule has 0 aromatic carbocycles. The number of rotatable bonds is 4. The predicted octanol–water partition coefficient (Wildman–Crippen LogP) is 2.06. The summed E-state index contributed by atoms with van der Waals surface area (Å²) in [5, 5.41) is 12.6. The van der Waals surface area contributed by atoms with Gasteiger partial charge in [0.1, 0.15) is 0 Å². The summed E-state index contributed by atoms with van der Waals surface area (Å²) < 4.78 is 12.7. The van der Waals surface area contributed by atoms with Crippen molar-refractivity contribution < 1.29 is 9.26 Å². The summed E-state index contributed by atoms with van der Waals surface area (Å²) in [5.41, 5.74) is 0.667. The van der Waals surface area contributed by atoms with Crippen LogP contribution in [0.3, 0.4) is 0 Å². The highest BCUT2D eigenvalue weighted by atomic mass is 16.5. The van der Waals surface area contributed by atoms with Crippen molar-refractivity contribution in [3.8, 4) is 11.6 Å². The molecule has 1 aliphatic heterocycles. The van der Waals surface area contributed by atoms with E-state index in [0.29, 0.717) is 30.0 Å². The van der Waals surface area contributed by atoms with Crippen molar-refractivity contribution in [2.45, 2.75) is 51.1 Å². The molecule has 0 amide bonds. The monoisotopic (exact) mass is 332 g/mol. The van der Waals surface area contributed by atoms with Crippen molar-refractivity contribution >= 4 is 0 Å². The molecule has 0 unspecified atom stereocenters. The van der Waals surface area contributed by atoms with Gasteiger partial charge in [-0.05, 0) is 12.8 Å². The average Bonchev–Trinajstić information content (AvgIpc) is 3.19. The first kappa shape index (κ1) is 15.7. The van der Waals surface area contributed by atoms with E-state index in [2.05, 4.69) is 25.4 Å². The van der Waals surface area contributed by atoms with Gasteiger partial charge in [0.05, 0.1) is 32.0 Å². The van der Waals surface area contributed by atoms with E-state index >= 15 is 0 Å². The van der Waals surface area contributed by atoms with E-state index in [1.807, 2.05) is 10.9 Å². The molecule has 0 bridgehead atoms. The smallest absolute Gasteiger partial charge is 0.280 e. The van der Waals surface area contributed by atoms with Gasteiger partial charge in [-0.2, -0.15) is 4.98 Å². The third kappa shape index (κ3) is 3.64. The Kier molecular flexibility index (Phi) is 4.84. The van der Waals surface area contributed by atoms with Crippen molar-refractivity contribution in [1.82, 2.24) is 30.0 Å². The van der Waals surface area contributed by atoms with Crippen LogP contribution >= 0.6 is 0 Å². The third-order valence-corrected chi connectivity index (χ3v) is 4.87. The van der Waals surface area contributed by atoms with Crippen molar-refractivity contribution in [2.24, 2.45) is 0 Å². The Bertz CT molecular complexity index is 641. The van der Waals surface area contributed by atoms with Gasteiger partial charge in [0.25, 0.3) is 5.89 Å². The lowest BCUT2D eigenvalue weighted by atomic mass is 10.1. The molecule has 3 heterocycles. The second kappa shape index (κ2) is 7.40. The predicted molar refractivity (Wildman–Crippen MR) is 86.1 cm³/mol. The summed E-state index contributed by atoms with van der Waals surface area (Å²) in [5.74, 6) is 1.15. The summed E-state index contributed by atoms with van der Waals surface area (Å²) in [7, 11) is 0. The molecule has 8 nitrogen and oxygen atoms in total. The highest BCUT2D eigenvalue weighted by Gasteiger charge is 2.20. The van der Waals surface area contributed by atoms with Crippen molar-refractivity contribution in [3.05, 3.63) is 12.0 Å². The highest BCUT2D eigenvalue weighted by Crippen LogP contribution is 2.27. The molecule has 0 spiro atoms. The minimum absolute atomic E-state index is 0.449. The Morgan fingerprint density at radius 1 is 1.08 bits per heavy atom. The molecule has 2 aliphatic rings. The van der Waals surface area contributed by atoms with Gasteiger partial charge in [0, 0.05) is 13.1 Å². The number of ether oxygens (including phenoxy) is 1. The molecule has 4 rings (SSSR count). The standard InChI is InChI=1S/C16H24N6O2/c1-2-4-6-13(5-3-1)22-11-14(18-20-22)16-17-15(19-24-16)12-21-7-9-23-10-8-21/h11,13H,1-10,12H2. The Hall–Kier alpha value is -1.80. The summed E-state index contributed by atoms with van der Waals surface area (Å²) in [6, 6.07) is 0.449. The lowest BCUT2D eigenvalue weighted by Gasteiger charge is -2.24. The Balaban J connectivity index is 1.42. The maximum absolute atomic E-state index is 5.38. The topological polar surface area (TPSA) is 82.1 Å². The fraction of sp³-hybridized carbons (Fsp3) is 0.750. The van der Waals surface area contributed by atoms with E-state index < -0.39 is 0 Å². The summed E-state index contributed by atoms with van der Waals surface area (Å²) in [6.07, 6.45) is 9.49. The van der Waals surface area contributed by atoms with Crippen LogP contribution in [0.2, 0.25) is 0 Å². The van der Waals surface area contributed by atoms with Gasteiger partial charge in [-0.25, -0.2) is 4.68 Å². The molecule has 8 heteroatoms. The van der Waals surface area contributed by atoms with Crippen molar-refractivity contribution in [2.75, 3.05) is 26.3 Å².